The minimum absolute atomic E-state index is 0.216. The second-order valence-corrected chi connectivity index (χ2v) is 4.05. The van der Waals surface area contributed by atoms with Crippen LogP contribution in [-0.2, 0) is 6.42 Å². The number of aromatic nitrogens is 2. The highest BCUT2D eigenvalue weighted by atomic mass is 79.9. The normalized spacial score (nSPS) is 10.7. The molecule has 0 aliphatic rings. The van der Waals surface area contributed by atoms with Gasteiger partial charge in [0.05, 0.1) is 5.52 Å². The van der Waals surface area contributed by atoms with Crippen LogP contribution in [-0.4, -0.2) is 15.3 Å². The van der Waals surface area contributed by atoms with E-state index in [4.69, 9.17) is 11.5 Å². The molecule has 2 aromatic rings. The molecule has 0 spiro atoms. The van der Waals surface area contributed by atoms with Gasteiger partial charge in [0.2, 0.25) is 5.95 Å². The second-order valence-electron chi connectivity index (χ2n) is 3.26. The van der Waals surface area contributed by atoms with Crippen molar-refractivity contribution in [3.63, 3.8) is 0 Å². The minimum atomic E-state index is 0.216. The SMILES string of the molecule is Nc1nc(N)c2cc(CCBr)ccc2n1. The van der Waals surface area contributed by atoms with Crippen LogP contribution in [0.4, 0.5) is 11.8 Å². The maximum Gasteiger partial charge on any atom is 0.222 e. The quantitative estimate of drug-likeness (QED) is 0.812. The van der Waals surface area contributed by atoms with Crippen molar-refractivity contribution < 1.29 is 0 Å². The standard InChI is InChI=1S/C10H11BrN4/c11-4-3-6-1-2-8-7(5-6)9(12)15-10(13)14-8/h1-2,5H,3-4H2,(H4,12,13,14,15). The van der Waals surface area contributed by atoms with Gasteiger partial charge in [0.15, 0.2) is 0 Å². The number of nitrogens with two attached hydrogens (primary N) is 2. The molecular weight excluding hydrogens is 256 g/mol. The monoisotopic (exact) mass is 266 g/mol. The molecule has 0 radical (unpaired) electrons. The van der Waals surface area contributed by atoms with Gasteiger partial charge in [0, 0.05) is 10.7 Å². The van der Waals surface area contributed by atoms with Gasteiger partial charge >= 0.3 is 0 Å². The second kappa shape index (κ2) is 4.02. The predicted molar refractivity (Wildman–Crippen MR) is 65.9 cm³/mol. The summed E-state index contributed by atoms with van der Waals surface area (Å²) in [7, 11) is 0. The average molecular weight is 267 g/mol. The zero-order valence-corrected chi connectivity index (χ0v) is 9.66. The van der Waals surface area contributed by atoms with E-state index >= 15 is 0 Å². The van der Waals surface area contributed by atoms with E-state index in [9.17, 15) is 0 Å². The smallest absolute Gasteiger partial charge is 0.222 e. The van der Waals surface area contributed by atoms with Gasteiger partial charge < -0.3 is 11.5 Å². The molecule has 0 aliphatic heterocycles. The highest BCUT2D eigenvalue weighted by Gasteiger charge is 2.03. The summed E-state index contributed by atoms with van der Waals surface area (Å²) >= 11 is 3.40. The van der Waals surface area contributed by atoms with Gasteiger partial charge in [-0.2, -0.15) is 4.98 Å². The van der Waals surface area contributed by atoms with Crippen LogP contribution in [0.2, 0.25) is 0 Å². The summed E-state index contributed by atoms with van der Waals surface area (Å²) in [5.41, 5.74) is 13.3. The molecule has 0 saturated carbocycles. The fourth-order valence-electron chi connectivity index (χ4n) is 1.48. The van der Waals surface area contributed by atoms with Crippen LogP contribution in [0.5, 0.6) is 0 Å². The first-order chi connectivity index (χ1) is 7.20. The highest BCUT2D eigenvalue weighted by molar-refractivity contribution is 9.09. The molecule has 1 heterocycles. The van der Waals surface area contributed by atoms with Crippen molar-refractivity contribution in [2.75, 3.05) is 16.8 Å². The zero-order valence-electron chi connectivity index (χ0n) is 8.07. The van der Waals surface area contributed by atoms with E-state index in [1.165, 1.54) is 5.56 Å². The maximum atomic E-state index is 5.78. The van der Waals surface area contributed by atoms with E-state index in [2.05, 4.69) is 25.9 Å². The molecule has 15 heavy (non-hydrogen) atoms. The zero-order chi connectivity index (χ0) is 10.8. The third-order valence-corrected chi connectivity index (χ3v) is 2.59. The number of rotatable bonds is 2. The Balaban J connectivity index is 2.60. The largest absolute Gasteiger partial charge is 0.383 e. The fraction of sp³-hybridized carbons (Fsp3) is 0.200. The Labute approximate surface area is 95.8 Å². The lowest BCUT2D eigenvalue weighted by molar-refractivity contribution is 1.17. The van der Waals surface area contributed by atoms with Gasteiger partial charge in [-0.25, -0.2) is 4.98 Å². The number of nitrogen functional groups attached to an aromatic ring is 2. The number of nitrogens with zero attached hydrogens (tertiary/aromatic N) is 2. The van der Waals surface area contributed by atoms with E-state index in [0.717, 1.165) is 22.7 Å². The molecule has 0 amide bonds. The van der Waals surface area contributed by atoms with Crippen LogP contribution in [0.1, 0.15) is 5.56 Å². The van der Waals surface area contributed by atoms with E-state index < -0.39 is 0 Å². The summed E-state index contributed by atoms with van der Waals surface area (Å²) in [5, 5.41) is 1.79. The summed E-state index contributed by atoms with van der Waals surface area (Å²) in [4.78, 5) is 8.05. The van der Waals surface area contributed by atoms with Gasteiger partial charge in [-0.1, -0.05) is 22.0 Å². The molecule has 0 atom stereocenters. The van der Waals surface area contributed by atoms with Crippen molar-refractivity contribution in [1.82, 2.24) is 9.97 Å². The van der Waals surface area contributed by atoms with Crippen LogP contribution < -0.4 is 11.5 Å². The molecule has 78 valence electrons. The number of halogens is 1. The lowest BCUT2D eigenvalue weighted by atomic mass is 10.1. The summed E-state index contributed by atoms with van der Waals surface area (Å²) < 4.78 is 0. The molecule has 0 bridgehead atoms. The fourth-order valence-corrected chi connectivity index (χ4v) is 1.94. The van der Waals surface area contributed by atoms with Gasteiger partial charge in [0.1, 0.15) is 5.82 Å². The van der Waals surface area contributed by atoms with Crippen molar-refractivity contribution in [2.24, 2.45) is 0 Å². The number of anilines is 2. The topological polar surface area (TPSA) is 77.8 Å². The van der Waals surface area contributed by atoms with Gasteiger partial charge in [-0.3, -0.25) is 0 Å². The molecule has 0 aliphatic carbocycles. The maximum absolute atomic E-state index is 5.78. The van der Waals surface area contributed by atoms with Gasteiger partial charge in [-0.05, 0) is 24.1 Å². The first-order valence-corrected chi connectivity index (χ1v) is 5.70. The van der Waals surface area contributed by atoms with E-state index in [1.54, 1.807) is 0 Å². The number of hydrogen-bond donors (Lipinski definition) is 2. The first kappa shape index (κ1) is 10.2. The molecule has 0 saturated heterocycles. The third kappa shape index (κ3) is 2.02. The minimum Gasteiger partial charge on any atom is -0.383 e. The number of fused-ring (bicyclic) bond motifs is 1. The van der Waals surface area contributed by atoms with Crippen molar-refractivity contribution in [3.05, 3.63) is 23.8 Å². The number of alkyl halides is 1. The lowest BCUT2D eigenvalue weighted by Crippen LogP contribution is -2.00. The number of aryl methyl sites for hydroxylation is 1. The summed E-state index contributed by atoms with van der Waals surface area (Å²) in [6.45, 7) is 0. The Morgan fingerprint density at radius 3 is 2.73 bits per heavy atom. The first-order valence-electron chi connectivity index (χ1n) is 4.58. The molecule has 4 nitrogen and oxygen atoms in total. The Kier molecular flexibility index (Phi) is 2.73. The lowest BCUT2D eigenvalue weighted by Gasteiger charge is -2.04. The summed E-state index contributed by atoms with van der Waals surface area (Å²) in [6, 6.07) is 5.95. The third-order valence-electron chi connectivity index (χ3n) is 2.19. The van der Waals surface area contributed by atoms with E-state index in [0.29, 0.717) is 5.82 Å². The van der Waals surface area contributed by atoms with Crippen LogP contribution in [0.25, 0.3) is 10.9 Å². The molecule has 1 aromatic carbocycles. The van der Waals surface area contributed by atoms with E-state index in [1.807, 2.05) is 18.2 Å². The Morgan fingerprint density at radius 2 is 2.00 bits per heavy atom. The van der Waals surface area contributed by atoms with Crippen molar-refractivity contribution in [2.45, 2.75) is 6.42 Å². The molecule has 2 rings (SSSR count). The Hall–Kier alpha value is -1.36. The van der Waals surface area contributed by atoms with Crippen LogP contribution in [0, 0.1) is 0 Å². The van der Waals surface area contributed by atoms with E-state index in [-0.39, 0.29) is 5.95 Å². The highest BCUT2D eigenvalue weighted by Crippen LogP contribution is 2.20. The molecule has 5 heteroatoms. The van der Waals surface area contributed by atoms with Crippen LogP contribution in [0.3, 0.4) is 0 Å². The predicted octanol–water partition coefficient (Wildman–Crippen LogP) is 1.73. The van der Waals surface area contributed by atoms with Crippen LogP contribution >= 0.6 is 15.9 Å². The molecule has 0 unspecified atom stereocenters. The van der Waals surface area contributed by atoms with Crippen molar-refractivity contribution in [3.8, 4) is 0 Å². The van der Waals surface area contributed by atoms with Gasteiger partial charge in [-0.15, -0.1) is 0 Å². The van der Waals surface area contributed by atoms with Crippen molar-refractivity contribution >= 4 is 38.6 Å². The Morgan fingerprint density at radius 1 is 1.20 bits per heavy atom. The van der Waals surface area contributed by atoms with Crippen LogP contribution in [0.15, 0.2) is 18.2 Å². The molecule has 1 aromatic heterocycles. The Bertz CT molecular complexity index is 498. The van der Waals surface area contributed by atoms with Crippen molar-refractivity contribution in [1.29, 1.82) is 0 Å². The number of hydrogen-bond acceptors (Lipinski definition) is 4. The summed E-state index contributed by atoms with van der Waals surface area (Å²) in [6.07, 6.45) is 0.958. The molecule has 4 N–H and O–H groups in total. The summed E-state index contributed by atoms with van der Waals surface area (Å²) in [5.74, 6) is 0.655. The average Bonchev–Trinajstić information content (AvgIpc) is 2.19. The molecule has 0 fully saturated rings. The van der Waals surface area contributed by atoms with Gasteiger partial charge in [0.25, 0.3) is 0 Å². The number of benzene rings is 1. The molecular formula is C10H11BrN4.